The lowest BCUT2D eigenvalue weighted by atomic mass is 9.99. The molecule has 1 amide bonds. The zero-order valence-corrected chi connectivity index (χ0v) is 10.5. The van der Waals surface area contributed by atoms with Crippen LogP contribution in [-0.4, -0.2) is 46.0 Å². The van der Waals surface area contributed by atoms with Crippen molar-refractivity contribution in [1.82, 2.24) is 10.6 Å². The first kappa shape index (κ1) is 13.4. The number of hydrogen-bond donors (Lipinski definition) is 2. The fourth-order valence-electron chi connectivity index (χ4n) is 1.77. The van der Waals surface area contributed by atoms with Crippen LogP contribution in [0.1, 0.15) is 19.3 Å². The first-order valence-corrected chi connectivity index (χ1v) is 7.71. The van der Waals surface area contributed by atoms with Crippen molar-refractivity contribution in [2.45, 2.75) is 19.3 Å². The number of rotatable bonds is 5. The molecule has 16 heavy (non-hydrogen) atoms. The highest BCUT2D eigenvalue weighted by molar-refractivity contribution is 7.90. The second-order valence-electron chi connectivity index (χ2n) is 4.32. The zero-order valence-electron chi connectivity index (χ0n) is 9.66. The van der Waals surface area contributed by atoms with Gasteiger partial charge in [-0.1, -0.05) is 0 Å². The van der Waals surface area contributed by atoms with Crippen molar-refractivity contribution in [2.75, 3.05) is 31.6 Å². The Morgan fingerprint density at radius 1 is 1.50 bits per heavy atom. The molecule has 0 bridgehead atoms. The van der Waals surface area contributed by atoms with Gasteiger partial charge in [-0.05, 0) is 25.8 Å². The molecule has 1 saturated heterocycles. The van der Waals surface area contributed by atoms with E-state index in [9.17, 15) is 13.2 Å². The maximum absolute atomic E-state index is 11.6. The maximum Gasteiger partial charge on any atom is 0.224 e. The number of sulfone groups is 1. The van der Waals surface area contributed by atoms with Crippen molar-refractivity contribution >= 4 is 15.7 Å². The van der Waals surface area contributed by atoms with E-state index in [0.29, 0.717) is 13.0 Å². The molecule has 0 unspecified atom stereocenters. The molecule has 0 spiro atoms. The first-order valence-electron chi connectivity index (χ1n) is 5.65. The summed E-state index contributed by atoms with van der Waals surface area (Å²) in [6.45, 7) is 2.16. The predicted octanol–water partition coefficient (Wildman–Crippen LogP) is -0.463. The van der Waals surface area contributed by atoms with Gasteiger partial charge in [-0.25, -0.2) is 8.42 Å². The molecular formula is C10H20N2O3S. The zero-order chi connectivity index (χ0) is 12.0. The predicted molar refractivity (Wildman–Crippen MR) is 62.9 cm³/mol. The van der Waals surface area contributed by atoms with E-state index in [2.05, 4.69) is 10.6 Å². The fraction of sp³-hybridized carbons (Fsp3) is 0.900. The maximum atomic E-state index is 11.6. The molecule has 1 aliphatic rings. The van der Waals surface area contributed by atoms with Gasteiger partial charge >= 0.3 is 0 Å². The van der Waals surface area contributed by atoms with Crippen LogP contribution in [0.5, 0.6) is 0 Å². The molecule has 0 aliphatic carbocycles. The average Bonchev–Trinajstić information content (AvgIpc) is 2.24. The minimum Gasteiger partial charge on any atom is -0.356 e. The Balaban J connectivity index is 2.14. The van der Waals surface area contributed by atoms with Crippen LogP contribution in [0, 0.1) is 5.92 Å². The molecular weight excluding hydrogens is 228 g/mol. The summed E-state index contributed by atoms with van der Waals surface area (Å²) in [6, 6.07) is 0. The number of carbonyl (C=O) groups excluding carboxylic acids is 1. The Bertz CT molecular complexity index is 321. The van der Waals surface area contributed by atoms with Gasteiger partial charge in [0.1, 0.15) is 9.84 Å². The molecule has 0 aromatic carbocycles. The van der Waals surface area contributed by atoms with E-state index < -0.39 is 9.84 Å². The molecule has 1 rings (SSSR count). The second kappa shape index (κ2) is 6.20. The lowest BCUT2D eigenvalue weighted by molar-refractivity contribution is -0.125. The average molecular weight is 248 g/mol. The summed E-state index contributed by atoms with van der Waals surface area (Å²) in [4.78, 5) is 11.6. The van der Waals surface area contributed by atoms with Gasteiger partial charge < -0.3 is 10.6 Å². The van der Waals surface area contributed by atoms with Crippen molar-refractivity contribution in [3.8, 4) is 0 Å². The Morgan fingerprint density at radius 3 is 2.81 bits per heavy atom. The largest absolute Gasteiger partial charge is 0.356 e. The van der Waals surface area contributed by atoms with Crippen LogP contribution in [0.2, 0.25) is 0 Å². The van der Waals surface area contributed by atoms with Crippen LogP contribution in [0.25, 0.3) is 0 Å². The van der Waals surface area contributed by atoms with Crippen molar-refractivity contribution in [1.29, 1.82) is 0 Å². The smallest absolute Gasteiger partial charge is 0.224 e. The van der Waals surface area contributed by atoms with E-state index in [-0.39, 0.29) is 17.6 Å². The minimum absolute atomic E-state index is 0.0423. The van der Waals surface area contributed by atoms with Crippen LogP contribution < -0.4 is 10.6 Å². The highest BCUT2D eigenvalue weighted by Crippen LogP contribution is 2.09. The molecule has 1 heterocycles. The van der Waals surface area contributed by atoms with E-state index >= 15 is 0 Å². The number of carbonyl (C=O) groups is 1. The molecule has 1 atom stereocenters. The monoisotopic (exact) mass is 248 g/mol. The number of amides is 1. The Morgan fingerprint density at radius 2 is 2.25 bits per heavy atom. The van der Waals surface area contributed by atoms with Crippen LogP contribution >= 0.6 is 0 Å². The van der Waals surface area contributed by atoms with Crippen molar-refractivity contribution in [3.05, 3.63) is 0 Å². The van der Waals surface area contributed by atoms with Crippen LogP contribution in [0.15, 0.2) is 0 Å². The van der Waals surface area contributed by atoms with Crippen molar-refractivity contribution in [2.24, 2.45) is 5.92 Å². The summed E-state index contributed by atoms with van der Waals surface area (Å²) < 4.78 is 21.7. The van der Waals surface area contributed by atoms with Gasteiger partial charge in [-0.2, -0.15) is 0 Å². The molecule has 1 aliphatic heterocycles. The summed E-state index contributed by atoms with van der Waals surface area (Å²) in [5.74, 6) is 0.226. The summed E-state index contributed by atoms with van der Waals surface area (Å²) in [7, 11) is -2.91. The summed E-state index contributed by atoms with van der Waals surface area (Å²) in [5.41, 5.74) is 0. The van der Waals surface area contributed by atoms with E-state index in [4.69, 9.17) is 0 Å². The molecule has 94 valence electrons. The fourth-order valence-corrected chi connectivity index (χ4v) is 2.43. The van der Waals surface area contributed by atoms with Gasteiger partial charge in [0, 0.05) is 19.3 Å². The number of hydrogen-bond acceptors (Lipinski definition) is 4. The number of piperidine rings is 1. The highest BCUT2D eigenvalue weighted by atomic mass is 32.2. The van der Waals surface area contributed by atoms with Gasteiger partial charge in [0.2, 0.25) is 5.91 Å². The Labute approximate surface area is 96.9 Å². The summed E-state index contributed by atoms with van der Waals surface area (Å²) >= 11 is 0. The van der Waals surface area contributed by atoms with Crippen molar-refractivity contribution < 1.29 is 13.2 Å². The van der Waals surface area contributed by atoms with Gasteiger partial charge in [-0.3, -0.25) is 4.79 Å². The molecule has 6 heteroatoms. The SMILES string of the molecule is CS(=O)(=O)CCCNC(=O)[C@H]1CCCNC1. The lowest BCUT2D eigenvalue weighted by Gasteiger charge is -2.21. The van der Waals surface area contributed by atoms with Gasteiger partial charge in [0.15, 0.2) is 0 Å². The third-order valence-corrected chi connectivity index (χ3v) is 3.69. The third kappa shape index (κ3) is 5.46. The van der Waals surface area contributed by atoms with Gasteiger partial charge in [0.25, 0.3) is 0 Å². The van der Waals surface area contributed by atoms with E-state index in [0.717, 1.165) is 25.9 Å². The lowest BCUT2D eigenvalue weighted by Crippen LogP contribution is -2.41. The van der Waals surface area contributed by atoms with Gasteiger partial charge in [-0.15, -0.1) is 0 Å². The minimum atomic E-state index is -2.91. The third-order valence-electron chi connectivity index (χ3n) is 2.66. The van der Waals surface area contributed by atoms with Gasteiger partial charge in [0.05, 0.1) is 11.7 Å². The topological polar surface area (TPSA) is 75.3 Å². The van der Waals surface area contributed by atoms with Crippen LogP contribution in [0.4, 0.5) is 0 Å². The molecule has 0 aromatic heterocycles. The summed E-state index contributed by atoms with van der Waals surface area (Å²) in [6.07, 6.45) is 3.65. The Hall–Kier alpha value is -0.620. The summed E-state index contributed by atoms with van der Waals surface area (Å²) in [5, 5.41) is 5.96. The quantitative estimate of drug-likeness (QED) is 0.645. The van der Waals surface area contributed by atoms with Crippen LogP contribution in [-0.2, 0) is 14.6 Å². The van der Waals surface area contributed by atoms with E-state index in [1.165, 1.54) is 6.26 Å². The number of nitrogens with one attached hydrogen (secondary N) is 2. The van der Waals surface area contributed by atoms with E-state index in [1.54, 1.807) is 0 Å². The first-order chi connectivity index (χ1) is 7.49. The van der Waals surface area contributed by atoms with Crippen molar-refractivity contribution in [3.63, 3.8) is 0 Å². The Kier molecular flexibility index (Phi) is 5.21. The molecule has 0 aromatic rings. The van der Waals surface area contributed by atoms with E-state index in [1.807, 2.05) is 0 Å². The highest BCUT2D eigenvalue weighted by Gasteiger charge is 2.20. The van der Waals surface area contributed by atoms with Crippen LogP contribution in [0.3, 0.4) is 0 Å². The second-order valence-corrected chi connectivity index (χ2v) is 6.58. The molecule has 0 saturated carbocycles. The molecule has 2 N–H and O–H groups in total. The molecule has 0 radical (unpaired) electrons. The standard InChI is InChI=1S/C10H20N2O3S/c1-16(14,15)7-3-6-12-10(13)9-4-2-5-11-8-9/h9,11H,2-8H2,1H3,(H,12,13)/t9-/m0/s1. The molecule has 1 fully saturated rings. The molecule has 5 nitrogen and oxygen atoms in total. The normalized spacial score (nSPS) is 21.7.